The van der Waals surface area contributed by atoms with Gasteiger partial charge in [0.25, 0.3) is 0 Å². The topological polar surface area (TPSA) is 37.8 Å². The number of aromatic nitrogens is 2. The van der Waals surface area contributed by atoms with E-state index in [0.29, 0.717) is 5.92 Å². The smallest absolute Gasteiger partial charge is 0.134 e. The monoisotopic (exact) mass is 299 g/mol. The van der Waals surface area contributed by atoms with Crippen molar-refractivity contribution in [2.24, 2.45) is 0 Å². The summed E-state index contributed by atoms with van der Waals surface area (Å²) in [4.78, 5) is 8.92. The quantitative estimate of drug-likeness (QED) is 0.821. The van der Waals surface area contributed by atoms with Crippen LogP contribution in [-0.2, 0) is 0 Å². The van der Waals surface area contributed by atoms with E-state index in [2.05, 4.69) is 65.8 Å². The molecule has 0 aliphatic rings. The van der Waals surface area contributed by atoms with E-state index < -0.39 is 0 Å². The van der Waals surface area contributed by atoms with Crippen LogP contribution in [0.4, 0.5) is 5.82 Å². The van der Waals surface area contributed by atoms with Gasteiger partial charge in [0.2, 0.25) is 0 Å². The largest absolute Gasteiger partial charge is 0.365 e. The summed E-state index contributed by atoms with van der Waals surface area (Å²) in [5.41, 5.74) is 0.0663. The Bertz CT molecular complexity index is 375. The zero-order chi connectivity index (χ0) is 13.1. The summed E-state index contributed by atoms with van der Waals surface area (Å²) in [5.74, 6) is 2.10. The van der Waals surface area contributed by atoms with Gasteiger partial charge in [-0.05, 0) is 36.2 Å². The summed E-state index contributed by atoms with van der Waals surface area (Å²) >= 11 is 3.44. The second-order valence-corrected chi connectivity index (χ2v) is 6.16. The Labute approximate surface area is 113 Å². The Morgan fingerprint density at radius 3 is 2.53 bits per heavy atom. The van der Waals surface area contributed by atoms with Gasteiger partial charge < -0.3 is 5.32 Å². The highest BCUT2D eigenvalue weighted by atomic mass is 79.9. The van der Waals surface area contributed by atoms with Crippen molar-refractivity contribution in [3.8, 4) is 0 Å². The first kappa shape index (κ1) is 14.4. The molecule has 1 aromatic rings. The van der Waals surface area contributed by atoms with Crippen LogP contribution in [0.3, 0.4) is 0 Å². The predicted molar refractivity (Wildman–Crippen MR) is 76.4 cm³/mol. The average molecular weight is 300 g/mol. The molecule has 1 heterocycles. The van der Waals surface area contributed by atoms with Crippen LogP contribution in [0.5, 0.6) is 0 Å². The van der Waals surface area contributed by atoms with E-state index in [-0.39, 0.29) is 5.54 Å². The molecule has 0 aromatic carbocycles. The molecule has 0 unspecified atom stereocenters. The van der Waals surface area contributed by atoms with Crippen LogP contribution in [0.25, 0.3) is 0 Å². The molecule has 0 fully saturated rings. The predicted octanol–water partition coefficient (Wildman–Crippen LogP) is 4.35. The summed E-state index contributed by atoms with van der Waals surface area (Å²) in [5, 5.41) is 3.47. The number of hydrogen-bond donors (Lipinski definition) is 1. The molecule has 17 heavy (non-hydrogen) atoms. The molecule has 1 N–H and O–H groups in total. The van der Waals surface area contributed by atoms with Crippen LogP contribution >= 0.6 is 15.9 Å². The number of rotatable bonds is 5. The minimum absolute atomic E-state index is 0.0663. The lowest BCUT2D eigenvalue weighted by Crippen LogP contribution is -2.31. The fraction of sp³-hybridized carbons (Fsp3) is 0.692. The molecule has 1 rings (SSSR count). The summed E-state index contributed by atoms with van der Waals surface area (Å²) in [6.07, 6.45) is 2.27. The highest BCUT2D eigenvalue weighted by Crippen LogP contribution is 2.22. The van der Waals surface area contributed by atoms with Crippen molar-refractivity contribution in [1.82, 2.24) is 9.97 Å². The molecule has 0 spiro atoms. The second kappa shape index (κ2) is 5.80. The molecule has 3 nitrogen and oxygen atoms in total. The van der Waals surface area contributed by atoms with Crippen LogP contribution in [0.1, 0.15) is 59.2 Å². The molecule has 0 saturated heterocycles. The maximum absolute atomic E-state index is 4.55. The zero-order valence-electron chi connectivity index (χ0n) is 11.3. The summed E-state index contributed by atoms with van der Waals surface area (Å²) in [6.45, 7) is 10.8. The molecule has 0 atom stereocenters. The molecular weight excluding hydrogens is 278 g/mol. The minimum atomic E-state index is 0.0663. The molecule has 0 amide bonds. The van der Waals surface area contributed by atoms with E-state index in [1.165, 1.54) is 0 Å². The van der Waals surface area contributed by atoms with Gasteiger partial charge in [0.1, 0.15) is 16.2 Å². The normalized spacial score (nSPS) is 11.9. The molecule has 1 aromatic heterocycles. The third-order valence-corrected chi connectivity index (χ3v) is 2.98. The molecule has 4 heteroatoms. The van der Waals surface area contributed by atoms with E-state index >= 15 is 0 Å². The first-order chi connectivity index (χ1) is 7.84. The molecule has 0 saturated carbocycles. The van der Waals surface area contributed by atoms with Crippen molar-refractivity contribution in [2.75, 3.05) is 5.32 Å². The van der Waals surface area contributed by atoms with E-state index in [1.807, 2.05) is 6.07 Å². The van der Waals surface area contributed by atoms with Crippen LogP contribution in [-0.4, -0.2) is 15.5 Å². The van der Waals surface area contributed by atoms with Gasteiger partial charge in [0.05, 0.1) is 0 Å². The fourth-order valence-electron chi connectivity index (χ4n) is 1.79. The molecule has 0 aliphatic carbocycles. The van der Waals surface area contributed by atoms with Crippen molar-refractivity contribution >= 4 is 21.7 Å². The fourth-order valence-corrected chi connectivity index (χ4v) is 2.19. The van der Waals surface area contributed by atoms with Crippen molar-refractivity contribution in [3.63, 3.8) is 0 Å². The lowest BCUT2D eigenvalue weighted by Gasteiger charge is -2.26. The summed E-state index contributed by atoms with van der Waals surface area (Å²) in [6, 6.07) is 1.93. The van der Waals surface area contributed by atoms with Gasteiger partial charge in [0.15, 0.2) is 0 Å². The number of nitrogens with one attached hydrogen (secondary N) is 1. The third kappa shape index (κ3) is 4.62. The number of hydrogen-bond acceptors (Lipinski definition) is 3. The molecular formula is C13H22BrN3. The number of nitrogens with zero attached hydrogens (tertiary/aromatic N) is 2. The van der Waals surface area contributed by atoms with Gasteiger partial charge in [-0.25, -0.2) is 9.97 Å². The Morgan fingerprint density at radius 2 is 2.00 bits per heavy atom. The van der Waals surface area contributed by atoms with Crippen LogP contribution < -0.4 is 5.32 Å². The lowest BCUT2D eigenvalue weighted by molar-refractivity contribution is 0.508. The number of halogens is 1. The van der Waals surface area contributed by atoms with Crippen molar-refractivity contribution in [1.29, 1.82) is 0 Å². The zero-order valence-corrected chi connectivity index (χ0v) is 12.9. The Kier molecular flexibility index (Phi) is 4.92. The van der Waals surface area contributed by atoms with Crippen LogP contribution in [0.15, 0.2) is 10.7 Å². The van der Waals surface area contributed by atoms with Gasteiger partial charge in [-0.1, -0.05) is 27.2 Å². The first-order valence-electron chi connectivity index (χ1n) is 6.16. The van der Waals surface area contributed by atoms with Crippen molar-refractivity contribution < 1.29 is 0 Å². The van der Waals surface area contributed by atoms with E-state index in [9.17, 15) is 0 Å². The summed E-state index contributed by atoms with van der Waals surface area (Å²) < 4.78 is 0.839. The lowest BCUT2D eigenvalue weighted by atomic mass is 9.99. The second-order valence-electron chi connectivity index (χ2n) is 5.35. The van der Waals surface area contributed by atoms with Gasteiger partial charge in [-0.15, -0.1) is 0 Å². The highest BCUT2D eigenvalue weighted by Gasteiger charge is 2.17. The first-order valence-corrected chi connectivity index (χ1v) is 6.96. The van der Waals surface area contributed by atoms with E-state index in [0.717, 1.165) is 29.1 Å². The van der Waals surface area contributed by atoms with E-state index in [4.69, 9.17) is 0 Å². The third-order valence-electron chi connectivity index (χ3n) is 2.57. The Balaban J connectivity index is 2.91. The highest BCUT2D eigenvalue weighted by molar-refractivity contribution is 9.10. The summed E-state index contributed by atoms with van der Waals surface area (Å²) in [7, 11) is 0. The standard InChI is InChI=1S/C13H22BrN3/c1-6-7-13(4,5)17-11-8-10(14)15-12(16-11)9(2)3/h8-9H,6-7H2,1-5H3,(H,15,16,17). The molecule has 0 aliphatic heterocycles. The van der Waals surface area contributed by atoms with Gasteiger partial charge in [-0.3, -0.25) is 0 Å². The van der Waals surface area contributed by atoms with Gasteiger partial charge >= 0.3 is 0 Å². The van der Waals surface area contributed by atoms with Crippen molar-refractivity contribution in [3.05, 3.63) is 16.5 Å². The Hall–Kier alpha value is -0.640. The SMILES string of the molecule is CCCC(C)(C)Nc1cc(Br)nc(C(C)C)n1. The molecule has 96 valence electrons. The maximum Gasteiger partial charge on any atom is 0.134 e. The van der Waals surface area contributed by atoms with Gasteiger partial charge in [0, 0.05) is 17.5 Å². The minimum Gasteiger partial charge on any atom is -0.365 e. The average Bonchev–Trinajstić information content (AvgIpc) is 2.15. The van der Waals surface area contributed by atoms with Crippen LogP contribution in [0.2, 0.25) is 0 Å². The van der Waals surface area contributed by atoms with E-state index in [1.54, 1.807) is 0 Å². The van der Waals surface area contributed by atoms with Crippen LogP contribution in [0, 0.1) is 0 Å². The molecule has 0 radical (unpaired) electrons. The maximum atomic E-state index is 4.55. The number of anilines is 1. The molecule has 0 bridgehead atoms. The van der Waals surface area contributed by atoms with Gasteiger partial charge in [-0.2, -0.15) is 0 Å². The van der Waals surface area contributed by atoms with Crippen molar-refractivity contribution in [2.45, 2.75) is 58.9 Å². The Morgan fingerprint density at radius 1 is 1.35 bits per heavy atom.